The van der Waals surface area contributed by atoms with E-state index in [1.165, 1.54) is 4.57 Å². The highest BCUT2D eigenvalue weighted by molar-refractivity contribution is 5.90. The molecule has 74 valence electrons. The van der Waals surface area contributed by atoms with E-state index in [9.17, 15) is 4.79 Å². The summed E-state index contributed by atoms with van der Waals surface area (Å²) in [6.45, 7) is 1.93. The molecule has 1 rings (SSSR count). The molecule has 0 amide bonds. The molecular formula is C8H10N4O2. The number of ether oxygens (including phenoxy) is 1. The maximum Gasteiger partial charge on any atom is 0.358 e. The van der Waals surface area contributed by atoms with E-state index >= 15 is 0 Å². The lowest BCUT2D eigenvalue weighted by atomic mass is 10.3. The summed E-state index contributed by atoms with van der Waals surface area (Å²) in [5.41, 5.74) is 5.52. The Kier molecular flexibility index (Phi) is 2.72. The standard InChI is InChI=1S/C8H10N4O2/c1-3-14-7(13)6-5(4-9)11-8(10)12(6)2/h3H2,1-2H3,(H2,10,11). The second-order valence-electron chi connectivity index (χ2n) is 2.56. The molecule has 1 aromatic rings. The second kappa shape index (κ2) is 3.79. The van der Waals surface area contributed by atoms with Gasteiger partial charge < -0.3 is 15.0 Å². The molecule has 0 fully saturated rings. The van der Waals surface area contributed by atoms with Gasteiger partial charge >= 0.3 is 5.97 Å². The predicted molar refractivity (Wildman–Crippen MR) is 48.3 cm³/mol. The number of esters is 1. The number of carbonyl (C=O) groups excluding carboxylic acids is 1. The zero-order valence-corrected chi connectivity index (χ0v) is 7.94. The summed E-state index contributed by atoms with van der Waals surface area (Å²) in [6.07, 6.45) is 0. The first-order valence-electron chi connectivity index (χ1n) is 4.01. The highest BCUT2D eigenvalue weighted by Crippen LogP contribution is 2.12. The summed E-state index contributed by atoms with van der Waals surface area (Å²) in [5, 5.41) is 8.68. The topological polar surface area (TPSA) is 93.9 Å². The number of rotatable bonds is 2. The monoisotopic (exact) mass is 194 g/mol. The highest BCUT2D eigenvalue weighted by Gasteiger charge is 2.20. The molecule has 0 unspecified atom stereocenters. The van der Waals surface area contributed by atoms with Crippen LogP contribution in [0.15, 0.2) is 0 Å². The summed E-state index contributed by atoms with van der Waals surface area (Å²) in [5.74, 6) is -0.472. The van der Waals surface area contributed by atoms with Crippen LogP contribution in [0.25, 0.3) is 0 Å². The molecule has 0 aromatic carbocycles. The number of imidazole rings is 1. The van der Waals surface area contributed by atoms with E-state index in [0.29, 0.717) is 0 Å². The maximum atomic E-state index is 11.4. The number of hydrogen-bond donors (Lipinski definition) is 1. The molecule has 0 atom stereocenters. The largest absolute Gasteiger partial charge is 0.461 e. The number of carbonyl (C=O) groups is 1. The third kappa shape index (κ3) is 1.52. The average molecular weight is 194 g/mol. The molecule has 0 bridgehead atoms. The first-order chi connectivity index (χ1) is 6.61. The molecule has 2 N–H and O–H groups in total. The third-order valence-electron chi connectivity index (χ3n) is 1.70. The van der Waals surface area contributed by atoms with Crippen molar-refractivity contribution in [2.45, 2.75) is 6.92 Å². The minimum absolute atomic E-state index is 0.0107. The van der Waals surface area contributed by atoms with Gasteiger partial charge in [0.25, 0.3) is 0 Å². The molecular weight excluding hydrogens is 184 g/mol. The zero-order chi connectivity index (χ0) is 10.7. The van der Waals surface area contributed by atoms with Gasteiger partial charge in [-0.15, -0.1) is 0 Å². The summed E-state index contributed by atoms with van der Waals surface area (Å²) >= 11 is 0. The van der Waals surface area contributed by atoms with Crippen LogP contribution in [0.1, 0.15) is 23.1 Å². The fourth-order valence-electron chi connectivity index (χ4n) is 1.03. The maximum absolute atomic E-state index is 11.4. The molecule has 0 aliphatic heterocycles. The quantitative estimate of drug-likeness (QED) is 0.671. The van der Waals surface area contributed by atoms with Crippen molar-refractivity contribution in [3.63, 3.8) is 0 Å². The molecule has 0 aliphatic carbocycles. The van der Waals surface area contributed by atoms with E-state index in [-0.39, 0.29) is 23.9 Å². The summed E-state index contributed by atoms with van der Waals surface area (Å²) < 4.78 is 6.09. The minimum Gasteiger partial charge on any atom is -0.461 e. The van der Waals surface area contributed by atoms with Gasteiger partial charge in [0.15, 0.2) is 11.4 Å². The Hall–Kier alpha value is -2.03. The zero-order valence-electron chi connectivity index (χ0n) is 7.94. The van der Waals surface area contributed by atoms with Gasteiger partial charge in [0, 0.05) is 7.05 Å². The molecule has 0 saturated heterocycles. The number of anilines is 1. The fraction of sp³-hybridized carbons (Fsp3) is 0.375. The van der Waals surface area contributed by atoms with Gasteiger partial charge in [0.2, 0.25) is 5.95 Å². The molecule has 0 saturated carbocycles. The Labute approximate surface area is 80.9 Å². The Balaban J connectivity index is 3.19. The van der Waals surface area contributed by atoms with Gasteiger partial charge in [-0.3, -0.25) is 0 Å². The number of nitrogens with zero attached hydrogens (tertiary/aromatic N) is 3. The molecule has 0 radical (unpaired) electrons. The Morgan fingerprint density at radius 1 is 1.79 bits per heavy atom. The van der Waals surface area contributed by atoms with Crippen LogP contribution in [0, 0.1) is 11.3 Å². The van der Waals surface area contributed by atoms with Gasteiger partial charge in [-0.05, 0) is 6.92 Å². The molecule has 6 nitrogen and oxygen atoms in total. The highest BCUT2D eigenvalue weighted by atomic mass is 16.5. The molecule has 6 heteroatoms. The first kappa shape index (κ1) is 10.1. The van der Waals surface area contributed by atoms with Gasteiger partial charge in [-0.2, -0.15) is 5.26 Å². The lowest BCUT2D eigenvalue weighted by Crippen LogP contribution is -2.12. The summed E-state index contributed by atoms with van der Waals surface area (Å²) in [6, 6.07) is 1.78. The molecule has 0 spiro atoms. The SMILES string of the molecule is CCOC(=O)c1c(C#N)nc(N)n1C. The third-order valence-corrected chi connectivity index (χ3v) is 1.70. The lowest BCUT2D eigenvalue weighted by molar-refractivity contribution is 0.0515. The van der Waals surface area contributed by atoms with E-state index < -0.39 is 5.97 Å². The number of aromatic nitrogens is 2. The van der Waals surface area contributed by atoms with Crippen LogP contribution in [-0.2, 0) is 11.8 Å². The average Bonchev–Trinajstić information content (AvgIpc) is 2.43. The van der Waals surface area contributed by atoms with Crippen molar-refractivity contribution in [1.82, 2.24) is 9.55 Å². The Morgan fingerprint density at radius 2 is 2.43 bits per heavy atom. The fourth-order valence-corrected chi connectivity index (χ4v) is 1.03. The molecule has 14 heavy (non-hydrogen) atoms. The van der Waals surface area contributed by atoms with E-state index in [1.807, 2.05) is 0 Å². The van der Waals surface area contributed by atoms with E-state index in [1.54, 1.807) is 20.0 Å². The van der Waals surface area contributed by atoms with Crippen molar-refractivity contribution in [3.05, 3.63) is 11.4 Å². The number of nitrogen functional groups attached to an aromatic ring is 1. The summed E-state index contributed by atoms with van der Waals surface area (Å²) in [7, 11) is 1.55. The van der Waals surface area contributed by atoms with Crippen molar-refractivity contribution in [2.24, 2.45) is 7.05 Å². The number of nitrogens with two attached hydrogens (primary N) is 1. The smallest absolute Gasteiger partial charge is 0.358 e. The van der Waals surface area contributed by atoms with Gasteiger partial charge in [0.1, 0.15) is 6.07 Å². The predicted octanol–water partition coefficient (Wildman–Crippen LogP) is 0.0507. The van der Waals surface area contributed by atoms with E-state index in [4.69, 9.17) is 15.7 Å². The van der Waals surface area contributed by atoms with Crippen molar-refractivity contribution in [1.29, 1.82) is 5.26 Å². The van der Waals surface area contributed by atoms with E-state index in [0.717, 1.165) is 0 Å². The van der Waals surface area contributed by atoms with Gasteiger partial charge in [-0.25, -0.2) is 9.78 Å². The Bertz CT molecular complexity index is 402. The first-order valence-corrected chi connectivity index (χ1v) is 4.01. The van der Waals surface area contributed by atoms with Crippen LogP contribution in [0.5, 0.6) is 0 Å². The summed E-state index contributed by atoms with van der Waals surface area (Å²) in [4.78, 5) is 15.1. The molecule has 1 aromatic heterocycles. The van der Waals surface area contributed by atoms with Gasteiger partial charge in [-0.1, -0.05) is 0 Å². The van der Waals surface area contributed by atoms with Crippen LogP contribution < -0.4 is 5.73 Å². The van der Waals surface area contributed by atoms with Crippen LogP contribution in [-0.4, -0.2) is 22.1 Å². The lowest BCUT2D eigenvalue weighted by Gasteiger charge is -2.02. The second-order valence-corrected chi connectivity index (χ2v) is 2.56. The van der Waals surface area contributed by atoms with Crippen molar-refractivity contribution in [3.8, 4) is 6.07 Å². The minimum atomic E-state index is -0.587. The van der Waals surface area contributed by atoms with Crippen LogP contribution in [0.3, 0.4) is 0 Å². The van der Waals surface area contributed by atoms with Crippen LogP contribution in [0.4, 0.5) is 5.95 Å². The van der Waals surface area contributed by atoms with Crippen molar-refractivity contribution < 1.29 is 9.53 Å². The van der Waals surface area contributed by atoms with Gasteiger partial charge in [0.05, 0.1) is 6.61 Å². The molecule has 1 heterocycles. The van der Waals surface area contributed by atoms with Crippen LogP contribution in [0.2, 0.25) is 0 Å². The van der Waals surface area contributed by atoms with E-state index in [2.05, 4.69) is 4.98 Å². The Morgan fingerprint density at radius 3 is 2.93 bits per heavy atom. The number of nitriles is 1. The van der Waals surface area contributed by atoms with Crippen molar-refractivity contribution in [2.75, 3.05) is 12.3 Å². The normalized spacial score (nSPS) is 9.50. The molecule has 0 aliphatic rings. The van der Waals surface area contributed by atoms with Crippen molar-refractivity contribution >= 4 is 11.9 Å². The van der Waals surface area contributed by atoms with Crippen LogP contribution >= 0.6 is 0 Å². The number of hydrogen-bond acceptors (Lipinski definition) is 5.